The summed E-state index contributed by atoms with van der Waals surface area (Å²) in [5.74, 6) is 0.365. The molecule has 3 rings (SSSR count). The first-order valence-electron chi connectivity index (χ1n) is 9.29. The fourth-order valence-electron chi connectivity index (χ4n) is 3.43. The highest BCUT2D eigenvalue weighted by Crippen LogP contribution is 2.29. The summed E-state index contributed by atoms with van der Waals surface area (Å²) in [4.78, 5) is 0. The van der Waals surface area contributed by atoms with Gasteiger partial charge >= 0.3 is 6.18 Å². The summed E-state index contributed by atoms with van der Waals surface area (Å²) in [6, 6.07) is 20.3. The molecular weight excluding hydrogens is 347 g/mol. The van der Waals surface area contributed by atoms with E-state index in [0.717, 1.165) is 31.1 Å². The first kappa shape index (κ1) is 19.4. The Morgan fingerprint density at radius 3 is 2.48 bits per heavy atom. The largest absolute Gasteiger partial charge is 0.416 e. The maximum absolute atomic E-state index is 12.8. The Balaban J connectivity index is 1.49. The van der Waals surface area contributed by atoms with Crippen molar-refractivity contribution >= 4 is 10.8 Å². The molecule has 0 bridgehead atoms. The van der Waals surface area contributed by atoms with Gasteiger partial charge in [-0.3, -0.25) is 0 Å². The van der Waals surface area contributed by atoms with Crippen molar-refractivity contribution in [3.8, 4) is 0 Å². The van der Waals surface area contributed by atoms with Gasteiger partial charge < -0.3 is 5.32 Å². The monoisotopic (exact) mass is 371 g/mol. The third kappa shape index (κ3) is 5.10. The van der Waals surface area contributed by atoms with E-state index in [-0.39, 0.29) is 0 Å². The summed E-state index contributed by atoms with van der Waals surface area (Å²) < 4.78 is 38.3. The van der Waals surface area contributed by atoms with Gasteiger partial charge in [0.1, 0.15) is 0 Å². The molecule has 0 aromatic heterocycles. The number of aryl methyl sites for hydroxylation is 1. The minimum Gasteiger partial charge on any atom is -0.316 e. The number of alkyl halides is 3. The molecule has 0 saturated heterocycles. The second-order valence-corrected chi connectivity index (χ2v) is 6.98. The van der Waals surface area contributed by atoms with E-state index in [1.165, 1.54) is 28.5 Å². The molecule has 0 spiro atoms. The van der Waals surface area contributed by atoms with E-state index in [4.69, 9.17) is 0 Å². The quantitative estimate of drug-likeness (QED) is 0.489. The Bertz CT molecular complexity index is 881. The van der Waals surface area contributed by atoms with E-state index in [0.29, 0.717) is 12.3 Å². The molecule has 27 heavy (non-hydrogen) atoms. The minimum atomic E-state index is -4.28. The highest BCUT2D eigenvalue weighted by molar-refractivity contribution is 5.86. The zero-order chi connectivity index (χ0) is 19.3. The zero-order valence-electron chi connectivity index (χ0n) is 15.4. The molecule has 0 aliphatic carbocycles. The van der Waals surface area contributed by atoms with Gasteiger partial charge in [-0.1, -0.05) is 67.6 Å². The van der Waals surface area contributed by atoms with E-state index >= 15 is 0 Å². The van der Waals surface area contributed by atoms with Crippen molar-refractivity contribution in [3.05, 3.63) is 83.4 Å². The second kappa shape index (κ2) is 8.57. The Morgan fingerprint density at radius 1 is 0.926 bits per heavy atom. The third-order valence-electron chi connectivity index (χ3n) is 4.88. The Kier molecular flexibility index (Phi) is 6.17. The summed E-state index contributed by atoms with van der Waals surface area (Å²) in [6.45, 7) is 3.82. The van der Waals surface area contributed by atoms with Crippen LogP contribution in [0.15, 0.2) is 66.7 Å². The molecule has 1 nitrogen and oxygen atoms in total. The minimum absolute atomic E-state index is 0.365. The SMILES string of the molecule is CC(CNCCCc1cccc(C(F)(F)F)c1)c1cccc2ccccc12. The fourth-order valence-corrected chi connectivity index (χ4v) is 3.43. The number of fused-ring (bicyclic) bond motifs is 1. The smallest absolute Gasteiger partial charge is 0.316 e. The van der Waals surface area contributed by atoms with Gasteiger partial charge in [0.25, 0.3) is 0 Å². The van der Waals surface area contributed by atoms with Gasteiger partial charge in [-0.2, -0.15) is 13.2 Å². The summed E-state index contributed by atoms with van der Waals surface area (Å²) in [6.07, 6.45) is -2.83. The van der Waals surface area contributed by atoms with Gasteiger partial charge in [0, 0.05) is 6.54 Å². The molecule has 0 radical (unpaired) electrons. The van der Waals surface area contributed by atoms with Gasteiger partial charge in [0.15, 0.2) is 0 Å². The molecule has 3 aromatic carbocycles. The van der Waals surface area contributed by atoms with Crippen LogP contribution < -0.4 is 5.32 Å². The predicted molar refractivity (Wildman–Crippen MR) is 105 cm³/mol. The lowest BCUT2D eigenvalue weighted by Gasteiger charge is -2.16. The molecule has 0 amide bonds. The van der Waals surface area contributed by atoms with Crippen molar-refractivity contribution in [2.75, 3.05) is 13.1 Å². The number of halogens is 3. The van der Waals surface area contributed by atoms with Crippen LogP contribution in [0.3, 0.4) is 0 Å². The van der Waals surface area contributed by atoms with Gasteiger partial charge in [-0.15, -0.1) is 0 Å². The first-order chi connectivity index (χ1) is 12.9. The summed E-state index contributed by atoms with van der Waals surface area (Å²) in [7, 11) is 0. The third-order valence-corrected chi connectivity index (χ3v) is 4.88. The van der Waals surface area contributed by atoms with Crippen molar-refractivity contribution in [2.24, 2.45) is 0 Å². The molecule has 1 N–H and O–H groups in total. The average molecular weight is 371 g/mol. The van der Waals surface area contributed by atoms with E-state index in [1.807, 2.05) is 6.07 Å². The highest BCUT2D eigenvalue weighted by atomic mass is 19.4. The molecule has 1 unspecified atom stereocenters. The van der Waals surface area contributed by atoms with Gasteiger partial charge in [-0.25, -0.2) is 0 Å². The first-order valence-corrected chi connectivity index (χ1v) is 9.29. The van der Waals surface area contributed by atoms with Crippen molar-refractivity contribution in [2.45, 2.75) is 31.9 Å². The van der Waals surface area contributed by atoms with Gasteiger partial charge in [-0.05, 0) is 53.3 Å². The number of hydrogen-bond acceptors (Lipinski definition) is 1. The Labute approximate surface area is 158 Å². The molecule has 0 aliphatic heterocycles. The van der Waals surface area contributed by atoms with E-state index in [9.17, 15) is 13.2 Å². The van der Waals surface area contributed by atoms with Crippen LogP contribution in [0.25, 0.3) is 10.8 Å². The molecular formula is C23H24F3N. The van der Waals surface area contributed by atoms with Gasteiger partial charge in [0.2, 0.25) is 0 Å². The molecule has 0 fully saturated rings. The number of benzene rings is 3. The van der Waals surface area contributed by atoms with Crippen LogP contribution in [0.4, 0.5) is 13.2 Å². The van der Waals surface area contributed by atoms with Crippen LogP contribution in [0.1, 0.15) is 36.0 Å². The molecule has 3 aromatic rings. The van der Waals surface area contributed by atoms with Crippen LogP contribution in [0.5, 0.6) is 0 Å². The average Bonchev–Trinajstić information content (AvgIpc) is 2.66. The summed E-state index contributed by atoms with van der Waals surface area (Å²) in [5, 5.41) is 5.96. The second-order valence-electron chi connectivity index (χ2n) is 6.98. The summed E-state index contributed by atoms with van der Waals surface area (Å²) >= 11 is 0. The van der Waals surface area contributed by atoms with Crippen LogP contribution in [-0.2, 0) is 12.6 Å². The van der Waals surface area contributed by atoms with Crippen molar-refractivity contribution in [3.63, 3.8) is 0 Å². The topological polar surface area (TPSA) is 12.0 Å². The van der Waals surface area contributed by atoms with E-state index < -0.39 is 11.7 Å². The van der Waals surface area contributed by atoms with E-state index in [2.05, 4.69) is 48.6 Å². The summed E-state index contributed by atoms with van der Waals surface area (Å²) in [5.41, 5.74) is 1.48. The van der Waals surface area contributed by atoms with Crippen LogP contribution in [-0.4, -0.2) is 13.1 Å². The Morgan fingerprint density at radius 2 is 1.67 bits per heavy atom. The predicted octanol–water partition coefficient (Wildman–Crippen LogP) is 6.18. The number of rotatable bonds is 7. The molecule has 0 aliphatic rings. The number of nitrogens with one attached hydrogen (secondary N) is 1. The zero-order valence-corrected chi connectivity index (χ0v) is 15.4. The molecule has 0 saturated carbocycles. The standard InChI is InChI=1S/C23H24F3N/c1-17(21-13-5-10-19-9-2-3-12-22(19)21)16-27-14-6-8-18-7-4-11-20(15-18)23(24,25)26/h2-5,7,9-13,15,17,27H,6,8,14,16H2,1H3. The lowest BCUT2D eigenvalue weighted by Crippen LogP contribution is -2.21. The lowest BCUT2D eigenvalue weighted by atomic mass is 9.95. The van der Waals surface area contributed by atoms with Crippen LogP contribution in [0.2, 0.25) is 0 Å². The van der Waals surface area contributed by atoms with Crippen LogP contribution in [0, 0.1) is 0 Å². The molecule has 142 valence electrons. The van der Waals surface area contributed by atoms with Crippen molar-refractivity contribution in [1.29, 1.82) is 0 Å². The molecule has 1 atom stereocenters. The fraction of sp³-hybridized carbons (Fsp3) is 0.304. The maximum atomic E-state index is 12.8. The van der Waals surface area contributed by atoms with Gasteiger partial charge in [0.05, 0.1) is 5.56 Å². The normalized spacial score (nSPS) is 13.0. The van der Waals surface area contributed by atoms with Crippen molar-refractivity contribution < 1.29 is 13.2 Å². The molecule has 0 heterocycles. The maximum Gasteiger partial charge on any atom is 0.416 e. The lowest BCUT2D eigenvalue weighted by molar-refractivity contribution is -0.137. The van der Waals surface area contributed by atoms with Crippen molar-refractivity contribution in [1.82, 2.24) is 5.32 Å². The Hall–Kier alpha value is -2.33. The highest BCUT2D eigenvalue weighted by Gasteiger charge is 2.30. The number of hydrogen-bond donors (Lipinski definition) is 1. The van der Waals surface area contributed by atoms with E-state index in [1.54, 1.807) is 6.07 Å². The molecule has 4 heteroatoms. The van der Waals surface area contributed by atoms with Crippen LogP contribution >= 0.6 is 0 Å².